The zero-order valence-electron chi connectivity index (χ0n) is 15.8. The number of nitrogens with zero attached hydrogens (tertiary/aromatic N) is 3. The van der Waals surface area contributed by atoms with Crippen LogP contribution in [0.3, 0.4) is 0 Å². The summed E-state index contributed by atoms with van der Waals surface area (Å²) >= 11 is 1.53. The van der Waals surface area contributed by atoms with E-state index in [1.165, 1.54) is 36.0 Å². The average molecular weight is 417 g/mol. The third kappa shape index (κ3) is 5.13. The molecule has 0 aliphatic carbocycles. The minimum absolute atomic E-state index is 0.125. The molecule has 0 amide bonds. The third-order valence-corrected chi connectivity index (χ3v) is 5.56. The van der Waals surface area contributed by atoms with E-state index in [1.54, 1.807) is 24.3 Å². The summed E-state index contributed by atoms with van der Waals surface area (Å²) in [6, 6.07) is 12.2. The smallest absolute Gasteiger partial charge is 0.191 e. The molecule has 1 fully saturated rings. The van der Waals surface area contributed by atoms with Crippen LogP contribution in [0.4, 0.5) is 8.78 Å². The Morgan fingerprint density at radius 2 is 1.76 bits per heavy atom. The molecule has 0 unspecified atom stereocenters. The number of aromatic nitrogens is 3. The number of ether oxygens (including phenoxy) is 2. The molecule has 4 rings (SSSR count). The van der Waals surface area contributed by atoms with E-state index in [0.717, 1.165) is 30.2 Å². The van der Waals surface area contributed by atoms with Crippen LogP contribution >= 0.6 is 11.8 Å². The summed E-state index contributed by atoms with van der Waals surface area (Å²) in [5.74, 6) is 1.40. The number of benzene rings is 2. The number of hydrogen-bond acceptors (Lipinski definition) is 5. The van der Waals surface area contributed by atoms with Crippen molar-refractivity contribution in [1.82, 2.24) is 14.8 Å². The predicted molar refractivity (Wildman–Crippen MR) is 107 cm³/mol. The van der Waals surface area contributed by atoms with Crippen LogP contribution in [0.25, 0.3) is 11.4 Å². The van der Waals surface area contributed by atoms with Gasteiger partial charge in [-0.15, -0.1) is 10.2 Å². The highest BCUT2D eigenvalue weighted by Gasteiger charge is 2.21. The van der Waals surface area contributed by atoms with Crippen LogP contribution < -0.4 is 4.74 Å². The first-order valence-corrected chi connectivity index (χ1v) is 10.5. The van der Waals surface area contributed by atoms with Crippen molar-refractivity contribution in [2.45, 2.75) is 30.6 Å². The van der Waals surface area contributed by atoms with Crippen molar-refractivity contribution >= 4 is 11.8 Å². The molecule has 29 heavy (non-hydrogen) atoms. The molecule has 1 aliphatic rings. The van der Waals surface area contributed by atoms with Gasteiger partial charge in [-0.1, -0.05) is 11.8 Å². The summed E-state index contributed by atoms with van der Waals surface area (Å²) in [6.45, 7) is 1.88. The van der Waals surface area contributed by atoms with E-state index in [-0.39, 0.29) is 17.7 Å². The lowest BCUT2D eigenvalue weighted by atomic mass is 10.2. The van der Waals surface area contributed by atoms with Gasteiger partial charge in [-0.05, 0) is 61.4 Å². The van der Waals surface area contributed by atoms with Gasteiger partial charge < -0.3 is 9.47 Å². The standard InChI is InChI=1S/C21H21F2N3O2S/c22-16-5-3-15(4-6-16)20-24-25-21(26(20)14-19-2-1-11-27-19)29-13-12-28-18-9-7-17(23)8-10-18/h3-10,19H,1-2,11-14H2/t19-/m1/s1. The zero-order chi connectivity index (χ0) is 20.1. The molecule has 0 radical (unpaired) electrons. The number of rotatable bonds is 8. The molecular weight excluding hydrogens is 396 g/mol. The lowest BCUT2D eigenvalue weighted by Gasteiger charge is -2.15. The van der Waals surface area contributed by atoms with Crippen molar-refractivity contribution in [2.24, 2.45) is 0 Å². The largest absolute Gasteiger partial charge is 0.493 e. The molecule has 1 aliphatic heterocycles. The summed E-state index contributed by atoms with van der Waals surface area (Å²) in [5.41, 5.74) is 0.811. The Kier molecular flexibility index (Phi) is 6.41. The van der Waals surface area contributed by atoms with Gasteiger partial charge in [-0.2, -0.15) is 0 Å². The van der Waals surface area contributed by atoms with Crippen molar-refractivity contribution in [2.75, 3.05) is 19.0 Å². The van der Waals surface area contributed by atoms with E-state index in [4.69, 9.17) is 9.47 Å². The molecule has 1 saturated heterocycles. The zero-order valence-corrected chi connectivity index (χ0v) is 16.6. The lowest BCUT2D eigenvalue weighted by Crippen LogP contribution is -2.17. The second-order valence-electron chi connectivity index (χ2n) is 6.71. The first-order chi connectivity index (χ1) is 14.2. The molecule has 0 saturated carbocycles. The van der Waals surface area contributed by atoms with Gasteiger partial charge in [-0.3, -0.25) is 4.57 Å². The molecular formula is C21H21F2N3O2S. The average Bonchev–Trinajstić information content (AvgIpc) is 3.38. The lowest BCUT2D eigenvalue weighted by molar-refractivity contribution is 0.0953. The van der Waals surface area contributed by atoms with Crippen molar-refractivity contribution in [3.8, 4) is 17.1 Å². The molecule has 1 aromatic heterocycles. The van der Waals surface area contributed by atoms with Crippen molar-refractivity contribution < 1.29 is 18.3 Å². The summed E-state index contributed by atoms with van der Waals surface area (Å²) in [4.78, 5) is 0. The Balaban J connectivity index is 1.44. The van der Waals surface area contributed by atoms with E-state index in [9.17, 15) is 8.78 Å². The van der Waals surface area contributed by atoms with Crippen LogP contribution in [0.5, 0.6) is 5.75 Å². The van der Waals surface area contributed by atoms with Crippen LogP contribution in [0.2, 0.25) is 0 Å². The Bertz CT molecular complexity index is 926. The molecule has 152 valence electrons. The second kappa shape index (κ2) is 9.37. The molecule has 3 aromatic rings. The molecule has 0 N–H and O–H groups in total. The van der Waals surface area contributed by atoms with Crippen LogP contribution in [0.1, 0.15) is 12.8 Å². The van der Waals surface area contributed by atoms with Gasteiger partial charge in [0.15, 0.2) is 11.0 Å². The van der Waals surface area contributed by atoms with Gasteiger partial charge in [0.25, 0.3) is 0 Å². The highest BCUT2D eigenvalue weighted by atomic mass is 32.2. The predicted octanol–water partition coefficient (Wildman–Crippen LogP) is 4.57. The summed E-state index contributed by atoms with van der Waals surface area (Å²) in [5, 5.41) is 9.44. The van der Waals surface area contributed by atoms with Crippen LogP contribution in [-0.2, 0) is 11.3 Å². The topological polar surface area (TPSA) is 49.2 Å². The fourth-order valence-electron chi connectivity index (χ4n) is 3.19. The summed E-state index contributed by atoms with van der Waals surface area (Å²) < 4.78 is 39.7. The third-order valence-electron chi connectivity index (χ3n) is 4.63. The molecule has 2 aromatic carbocycles. The highest BCUT2D eigenvalue weighted by Crippen LogP contribution is 2.27. The van der Waals surface area contributed by atoms with Crippen LogP contribution in [-0.4, -0.2) is 39.8 Å². The first kappa shape index (κ1) is 19.8. The van der Waals surface area contributed by atoms with Gasteiger partial charge in [0.2, 0.25) is 0 Å². The van der Waals surface area contributed by atoms with Crippen molar-refractivity contribution in [3.05, 3.63) is 60.2 Å². The number of halogens is 2. The number of hydrogen-bond donors (Lipinski definition) is 0. The maximum Gasteiger partial charge on any atom is 0.191 e. The Morgan fingerprint density at radius 3 is 2.45 bits per heavy atom. The maximum atomic E-state index is 13.3. The van der Waals surface area contributed by atoms with Gasteiger partial charge in [-0.25, -0.2) is 8.78 Å². The fourth-order valence-corrected chi connectivity index (χ4v) is 3.95. The van der Waals surface area contributed by atoms with E-state index < -0.39 is 0 Å². The van der Waals surface area contributed by atoms with Gasteiger partial charge in [0, 0.05) is 17.9 Å². The molecule has 5 nitrogen and oxygen atoms in total. The quantitative estimate of drug-likeness (QED) is 0.397. The van der Waals surface area contributed by atoms with E-state index in [1.807, 2.05) is 4.57 Å². The summed E-state index contributed by atoms with van der Waals surface area (Å²) in [7, 11) is 0. The SMILES string of the molecule is Fc1ccc(OCCSc2nnc(-c3ccc(F)cc3)n2C[C@H]2CCCO2)cc1. The first-order valence-electron chi connectivity index (χ1n) is 9.51. The number of thioether (sulfide) groups is 1. The molecule has 0 bridgehead atoms. The molecule has 8 heteroatoms. The Hall–Kier alpha value is -2.45. The van der Waals surface area contributed by atoms with E-state index >= 15 is 0 Å². The normalized spacial score (nSPS) is 16.3. The molecule has 2 heterocycles. The van der Waals surface area contributed by atoms with Gasteiger partial charge >= 0.3 is 0 Å². The van der Waals surface area contributed by atoms with Gasteiger partial charge in [0.05, 0.1) is 19.3 Å². The highest BCUT2D eigenvalue weighted by molar-refractivity contribution is 7.99. The monoisotopic (exact) mass is 417 g/mol. The van der Waals surface area contributed by atoms with Crippen LogP contribution in [0, 0.1) is 11.6 Å². The minimum atomic E-state index is -0.290. The minimum Gasteiger partial charge on any atom is -0.493 e. The van der Waals surface area contributed by atoms with Crippen molar-refractivity contribution in [3.63, 3.8) is 0 Å². The Morgan fingerprint density at radius 1 is 1.03 bits per heavy atom. The van der Waals surface area contributed by atoms with E-state index in [0.29, 0.717) is 30.5 Å². The Labute approximate surface area is 172 Å². The molecule has 1 atom stereocenters. The van der Waals surface area contributed by atoms with Crippen molar-refractivity contribution in [1.29, 1.82) is 0 Å². The van der Waals surface area contributed by atoms with Gasteiger partial charge in [0.1, 0.15) is 17.4 Å². The molecule has 0 spiro atoms. The van der Waals surface area contributed by atoms with Crippen LogP contribution in [0.15, 0.2) is 53.7 Å². The fraction of sp³-hybridized carbons (Fsp3) is 0.333. The van der Waals surface area contributed by atoms with E-state index in [2.05, 4.69) is 10.2 Å². The maximum absolute atomic E-state index is 13.3. The second-order valence-corrected chi connectivity index (χ2v) is 7.77. The summed E-state index contributed by atoms with van der Waals surface area (Å²) in [6.07, 6.45) is 2.17.